The van der Waals surface area contributed by atoms with Gasteiger partial charge in [-0.15, -0.1) is 0 Å². The molecule has 1 fully saturated rings. The van der Waals surface area contributed by atoms with Gasteiger partial charge in [0, 0.05) is 5.41 Å². The van der Waals surface area contributed by atoms with Crippen molar-refractivity contribution in [3.05, 3.63) is 48.0 Å². The molecule has 1 nitrogen and oxygen atoms in total. The highest BCUT2D eigenvalue weighted by molar-refractivity contribution is 7.78. The lowest BCUT2D eigenvalue weighted by atomic mass is 9.78. The topological polar surface area (TPSA) is 12.4 Å². The molecule has 0 amide bonds. The molecular weight excluding hydrogens is 250 g/mol. The first kappa shape index (κ1) is 12.5. The van der Waals surface area contributed by atoms with Crippen LogP contribution in [0.3, 0.4) is 0 Å². The molecule has 0 spiro atoms. The molecule has 0 saturated heterocycles. The molecule has 0 heterocycles. The Morgan fingerprint density at radius 2 is 1.79 bits per heavy atom. The second kappa shape index (κ2) is 5.24. The normalized spacial score (nSPS) is 17.3. The zero-order chi connectivity index (χ0) is 13.1. The van der Waals surface area contributed by atoms with Crippen molar-refractivity contribution in [3.8, 4) is 0 Å². The van der Waals surface area contributed by atoms with Crippen molar-refractivity contribution in [3.63, 3.8) is 0 Å². The second-order valence-electron chi connectivity index (χ2n) is 5.46. The van der Waals surface area contributed by atoms with Crippen LogP contribution in [0.2, 0.25) is 0 Å². The Labute approximate surface area is 119 Å². The number of aliphatic imine (C=N–C) groups is 1. The van der Waals surface area contributed by atoms with Crippen LogP contribution in [0.4, 0.5) is 0 Å². The Bertz CT molecular complexity index is 635. The predicted octanol–water partition coefficient (Wildman–Crippen LogP) is 4.75. The molecule has 0 radical (unpaired) electrons. The molecule has 1 saturated carbocycles. The Kier molecular flexibility index (Phi) is 3.46. The maximum Gasteiger partial charge on any atom is 0.0589 e. The quantitative estimate of drug-likeness (QED) is 0.577. The maximum atomic E-state index is 4.75. The molecule has 2 heteroatoms. The fraction of sp³-hybridized carbons (Fsp3) is 0.353. The number of benzene rings is 2. The van der Waals surface area contributed by atoms with Crippen molar-refractivity contribution >= 4 is 28.2 Å². The maximum absolute atomic E-state index is 4.75. The van der Waals surface area contributed by atoms with Crippen molar-refractivity contribution in [1.29, 1.82) is 0 Å². The third-order valence-electron chi connectivity index (χ3n) is 4.37. The van der Waals surface area contributed by atoms with Crippen LogP contribution in [-0.2, 0) is 5.41 Å². The Morgan fingerprint density at radius 3 is 2.53 bits per heavy atom. The number of nitrogens with zero attached hydrogens (tertiary/aromatic N) is 1. The summed E-state index contributed by atoms with van der Waals surface area (Å²) in [4.78, 5) is 4.25. The van der Waals surface area contributed by atoms with Crippen LogP contribution < -0.4 is 0 Å². The molecule has 19 heavy (non-hydrogen) atoms. The monoisotopic (exact) mass is 267 g/mol. The van der Waals surface area contributed by atoms with Crippen LogP contribution in [0.15, 0.2) is 47.5 Å². The van der Waals surface area contributed by atoms with Gasteiger partial charge < -0.3 is 0 Å². The van der Waals surface area contributed by atoms with Crippen molar-refractivity contribution in [1.82, 2.24) is 0 Å². The van der Waals surface area contributed by atoms with Gasteiger partial charge in [-0.1, -0.05) is 55.3 Å². The molecule has 0 unspecified atom stereocenters. The standard InChI is InChI=1S/C17H17NS/c19-13-18-12-17(9-3-4-10-17)16-8-7-14-5-1-2-6-15(14)11-16/h1-2,5-8,11H,3-4,9-10,12H2. The SMILES string of the molecule is S=C=NCC1(c2ccc3ccccc3c2)CCCC1. The summed E-state index contributed by atoms with van der Waals surface area (Å²) in [6.07, 6.45) is 5.01. The van der Waals surface area contributed by atoms with E-state index in [-0.39, 0.29) is 5.41 Å². The van der Waals surface area contributed by atoms with Crippen LogP contribution in [0.1, 0.15) is 31.2 Å². The molecule has 0 N–H and O–H groups in total. The van der Waals surface area contributed by atoms with E-state index < -0.39 is 0 Å². The van der Waals surface area contributed by atoms with Crippen LogP contribution in [0, 0.1) is 0 Å². The van der Waals surface area contributed by atoms with Crippen molar-refractivity contribution in [2.45, 2.75) is 31.1 Å². The average molecular weight is 267 g/mol. The number of hydrogen-bond donors (Lipinski definition) is 0. The van der Waals surface area contributed by atoms with Gasteiger partial charge in [-0.3, -0.25) is 0 Å². The van der Waals surface area contributed by atoms with E-state index in [0.717, 1.165) is 6.54 Å². The van der Waals surface area contributed by atoms with Gasteiger partial charge in [0.1, 0.15) is 0 Å². The first-order valence-electron chi connectivity index (χ1n) is 6.87. The third-order valence-corrected chi connectivity index (χ3v) is 4.50. The summed E-state index contributed by atoms with van der Waals surface area (Å²) in [6, 6.07) is 15.4. The molecule has 0 atom stereocenters. The molecule has 2 aromatic carbocycles. The van der Waals surface area contributed by atoms with Crippen LogP contribution in [0.5, 0.6) is 0 Å². The van der Waals surface area contributed by atoms with Crippen LogP contribution in [0.25, 0.3) is 10.8 Å². The van der Waals surface area contributed by atoms with Gasteiger partial charge in [0.25, 0.3) is 0 Å². The first-order valence-corrected chi connectivity index (χ1v) is 7.28. The molecular formula is C17H17NS. The Morgan fingerprint density at radius 1 is 1.05 bits per heavy atom. The summed E-state index contributed by atoms with van der Waals surface area (Å²) in [7, 11) is 0. The largest absolute Gasteiger partial charge is 0.232 e. The minimum atomic E-state index is 0.190. The molecule has 1 aliphatic rings. The van der Waals surface area contributed by atoms with E-state index in [4.69, 9.17) is 12.2 Å². The van der Waals surface area contributed by atoms with Gasteiger partial charge in [-0.25, -0.2) is 4.99 Å². The molecule has 96 valence electrons. The molecule has 0 aromatic heterocycles. The van der Waals surface area contributed by atoms with Crippen molar-refractivity contribution in [2.75, 3.05) is 6.54 Å². The van der Waals surface area contributed by atoms with Gasteiger partial charge in [-0.05, 0) is 41.4 Å². The van der Waals surface area contributed by atoms with E-state index >= 15 is 0 Å². The molecule has 2 aromatic rings. The van der Waals surface area contributed by atoms with Gasteiger partial charge in [-0.2, -0.15) is 0 Å². The number of isothiocyanates is 1. The third kappa shape index (κ3) is 2.34. The highest BCUT2D eigenvalue weighted by Crippen LogP contribution is 2.42. The van der Waals surface area contributed by atoms with E-state index in [1.54, 1.807) is 0 Å². The summed E-state index contributed by atoms with van der Waals surface area (Å²) in [5.74, 6) is 0. The average Bonchev–Trinajstić information content (AvgIpc) is 2.95. The summed E-state index contributed by atoms with van der Waals surface area (Å²) in [5.41, 5.74) is 1.60. The fourth-order valence-corrected chi connectivity index (χ4v) is 3.36. The summed E-state index contributed by atoms with van der Waals surface area (Å²) in [6.45, 7) is 0.787. The van der Waals surface area contributed by atoms with Gasteiger partial charge >= 0.3 is 0 Å². The highest BCUT2D eigenvalue weighted by Gasteiger charge is 2.35. The Hall–Kier alpha value is -1.50. The molecule has 3 rings (SSSR count). The zero-order valence-corrected chi connectivity index (χ0v) is 11.7. The molecule has 0 bridgehead atoms. The predicted molar refractivity (Wildman–Crippen MR) is 84.0 cm³/mol. The summed E-state index contributed by atoms with van der Waals surface area (Å²) in [5, 5.41) is 5.16. The molecule has 1 aliphatic carbocycles. The van der Waals surface area contributed by atoms with Crippen molar-refractivity contribution in [2.24, 2.45) is 4.99 Å². The van der Waals surface area contributed by atoms with E-state index in [1.165, 1.54) is 42.0 Å². The zero-order valence-electron chi connectivity index (χ0n) is 10.9. The number of hydrogen-bond acceptors (Lipinski definition) is 2. The second-order valence-corrected chi connectivity index (χ2v) is 5.64. The van der Waals surface area contributed by atoms with Crippen LogP contribution >= 0.6 is 12.2 Å². The van der Waals surface area contributed by atoms with E-state index in [0.29, 0.717) is 0 Å². The number of fused-ring (bicyclic) bond motifs is 1. The summed E-state index contributed by atoms with van der Waals surface area (Å²) < 4.78 is 0. The van der Waals surface area contributed by atoms with E-state index in [2.05, 4.69) is 52.6 Å². The minimum absolute atomic E-state index is 0.190. The van der Waals surface area contributed by atoms with Gasteiger partial charge in [0.05, 0.1) is 11.7 Å². The van der Waals surface area contributed by atoms with Crippen LogP contribution in [-0.4, -0.2) is 11.7 Å². The van der Waals surface area contributed by atoms with E-state index in [1.807, 2.05) is 0 Å². The smallest absolute Gasteiger partial charge is 0.0589 e. The highest BCUT2D eigenvalue weighted by atomic mass is 32.1. The number of thiocarbonyl (C=S) groups is 1. The molecule has 0 aliphatic heterocycles. The van der Waals surface area contributed by atoms with E-state index in [9.17, 15) is 0 Å². The lowest BCUT2D eigenvalue weighted by molar-refractivity contribution is 0.456. The lowest BCUT2D eigenvalue weighted by Gasteiger charge is -2.27. The van der Waals surface area contributed by atoms with Gasteiger partial charge in [0.2, 0.25) is 0 Å². The first-order chi connectivity index (χ1) is 9.34. The van der Waals surface area contributed by atoms with Gasteiger partial charge in [0.15, 0.2) is 0 Å². The fourth-order valence-electron chi connectivity index (χ4n) is 3.29. The van der Waals surface area contributed by atoms with Crippen molar-refractivity contribution < 1.29 is 0 Å². The summed E-state index contributed by atoms with van der Waals surface area (Å²) >= 11 is 4.75. The number of rotatable bonds is 3. The minimum Gasteiger partial charge on any atom is -0.232 e. The Balaban J connectivity index is 2.07. The lowest BCUT2D eigenvalue weighted by Crippen LogP contribution is -2.25.